The number of carbonyl (C=O) groups excluding carboxylic acids is 1. The molecule has 0 spiro atoms. The normalized spacial score (nSPS) is 24.2. The van der Waals surface area contributed by atoms with Crippen LogP contribution in [0.3, 0.4) is 0 Å². The Morgan fingerprint density at radius 3 is 2.87 bits per heavy atom. The van der Waals surface area contributed by atoms with E-state index in [-0.39, 0.29) is 6.61 Å². The molecule has 156 valence electrons. The number of para-hydroxylation sites is 1. The number of carbonyl (C=O) groups is 1. The van der Waals surface area contributed by atoms with Crippen LogP contribution >= 0.6 is 28.1 Å². The molecule has 4 rings (SSSR count). The van der Waals surface area contributed by atoms with Gasteiger partial charge in [-0.1, -0.05) is 46.8 Å². The first-order valence-electron chi connectivity index (χ1n) is 9.40. The Balaban J connectivity index is 1.90. The topological polar surface area (TPSA) is 60.0 Å². The van der Waals surface area contributed by atoms with Gasteiger partial charge in [0.25, 0.3) is 0 Å². The lowest BCUT2D eigenvalue weighted by atomic mass is 9.79. The summed E-state index contributed by atoms with van der Waals surface area (Å²) >= 11 is 9.22. The van der Waals surface area contributed by atoms with Crippen molar-refractivity contribution in [1.82, 2.24) is 5.32 Å². The van der Waals surface area contributed by atoms with Crippen molar-refractivity contribution in [2.45, 2.75) is 18.7 Å². The van der Waals surface area contributed by atoms with Gasteiger partial charge in [0.05, 0.1) is 13.2 Å². The number of benzene rings is 2. The number of thiocarbonyl (C=S) groups is 1. The molecular weight excluding hydrogens is 468 g/mol. The Hall–Kier alpha value is -2.58. The summed E-state index contributed by atoms with van der Waals surface area (Å²) in [5, 5.41) is 3.80. The molecular formula is C22H21BrN2O4S. The number of methoxy groups -OCH3 is 1. The maximum Gasteiger partial charge on any atom is 0.317 e. The van der Waals surface area contributed by atoms with Crippen molar-refractivity contribution in [1.29, 1.82) is 0 Å². The highest BCUT2D eigenvalue weighted by atomic mass is 79.9. The summed E-state index contributed by atoms with van der Waals surface area (Å²) in [6, 6.07) is 12.8. The fourth-order valence-electron chi connectivity index (χ4n) is 4.13. The zero-order valence-electron chi connectivity index (χ0n) is 16.6. The van der Waals surface area contributed by atoms with E-state index in [2.05, 4.69) is 27.8 Å². The number of fused-ring (bicyclic) bond motifs is 4. The van der Waals surface area contributed by atoms with Gasteiger partial charge in [-0.3, -0.25) is 9.69 Å². The first-order chi connectivity index (χ1) is 14.4. The van der Waals surface area contributed by atoms with Crippen molar-refractivity contribution < 1.29 is 19.0 Å². The van der Waals surface area contributed by atoms with Crippen LogP contribution in [0.5, 0.6) is 11.5 Å². The van der Waals surface area contributed by atoms with E-state index in [1.807, 2.05) is 54.3 Å². The maximum atomic E-state index is 13.2. The molecule has 3 unspecified atom stereocenters. The van der Waals surface area contributed by atoms with Crippen LogP contribution in [-0.4, -0.2) is 30.5 Å². The summed E-state index contributed by atoms with van der Waals surface area (Å²) in [5.74, 6) is 0.0781. The number of hydrogen-bond donors (Lipinski definition) is 1. The highest BCUT2D eigenvalue weighted by molar-refractivity contribution is 9.10. The lowest BCUT2D eigenvalue weighted by molar-refractivity contribution is -0.159. The smallest absolute Gasteiger partial charge is 0.317 e. The summed E-state index contributed by atoms with van der Waals surface area (Å²) in [7, 11) is 1.59. The Morgan fingerprint density at radius 2 is 2.17 bits per heavy atom. The van der Waals surface area contributed by atoms with E-state index in [1.165, 1.54) is 0 Å². The predicted octanol–water partition coefficient (Wildman–Crippen LogP) is 4.35. The van der Waals surface area contributed by atoms with Crippen LogP contribution < -0.4 is 19.7 Å². The standard InChI is InChI=1S/C22H21BrN2O4S/c1-4-11-28-20(26)17-18-15-9-6-10-16(27-3)19(15)29-22(17,2)25(21(30)24-18)14-8-5-7-13(23)12-14/h4-10,12,17-18H,1,11H2,2-3H3,(H,24,30). The van der Waals surface area contributed by atoms with Crippen LogP contribution in [0.4, 0.5) is 5.69 Å². The lowest BCUT2D eigenvalue weighted by Gasteiger charge is -2.55. The van der Waals surface area contributed by atoms with Crippen LogP contribution in [0.1, 0.15) is 18.5 Å². The number of halogens is 1. The highest BCUT2D eigenvalue weighted by Crippen LogP contribution is 2.52. The van der Waals surface area contributed by atoms with Gasteiger partial charge in [-0.2, -0.15) is 0 Å². The number of esters is 1. The molecule has 2 bridgehead atoms. The SMILES string of the molecule is C=CCOC(=O)C1C2NC(=S)N(c3cccc(Br)c3)C1(C)Oc1c(OC)cccc12. The van der Waals surface area contributed by atoms with Crippen molar-refractivity contribution in [2.24, 2.45) is 5.92 Å². The molecule has 2 aliphatic heterocycles. The molecule has 0 amide bonds. The second-order valence-electron chi connectivity index (χ2n) is 7.17. The molecule has 0 aliphatic carbocycles. The van der Waals surface area contributed by atoms with E-state index in [1.54, 1.807) is 13.2 Å². The number of rotatable bonds is 5. The number of nitrogens with zero attached hydrogens (tertiary/aromatic N) is 1. The van der Waals surface area contributed by atoms with Gasteiger partial charge in [0.15, 0.2) is 16.6 Å². The van der Waals surface area contributed by atoms with Gasteiger partial charge >= 0.3 is 5.97 Å². The Morgan fingerprint density at radius 1 is 1.40 bits per heavy atom. The van der Waals surface area contributed by atoms with Crippen molar-refractivity contribution in [3.8, 4) is 11.5 Å². The second kappa shape index (κ2) is 7.92. The Bertz CT molecular complexity index is 1030. The zero-order chi connectivity index (χ0) is 21.5. The van der Waals surface area contributed by atoms with E-state index >= 15 is 0 Å². The van der Waals surface area contributed by atoms with Crippen LogP contribution in [0.2, 0.25) is 0 Å². The molecule has 0 aromatic heterocycles. The van der Waals surface area contributed by atoms with Gasteiger partial charge in [-0.15, -0.1) is 0 Å². The fraction of sp³-hybridized carbons (Fsp3) is 0.273. The monoisotopic (exact) mass is 488 g/mol. The van der Waals surface area contributed by atoms with Gasteiger partial charge < -0.3 is 19.5 Å². The van der Waals surface area contributed by atoms with Crippen LogP contribution in [0.25, 0.3) is 0 Å². The molecule has 6 nitrogen and oxygen atoms in total. The molecule has 30 heavy (non-hydrogen) atoms. The van der Waals surface area contributed by atoms with Crippen LogP contribution in [0.15, 0.2) is 59.6 Å². The van der Waals surface area contributed by atoms with Crippen LogP contribution in [-0.2, 0) is 9.53 Å². The molecule has 1 N–H and O–H groups in total. The summed E-state index contributed by atoms with van der Waals surface area (Å²) in [6.45, 7) is 5.60. The van der Waals surface area contributed by atoms with E-state index in [9.17, 15) is 4.79 Å². The summed E-state index contributed by atoms with van der Waals surface area (Å²) < 4.78 is 18.4. The molecule has 2 aromatic carbocycles. The minimum absolute atomic E-state index is 0.116. The molecule has 2 aromatic rings. The average Bonchev–Trinajstić information content (AvgIpc) is 2.71. The average molecular weight is 489 g/mol. The Labute approximate surface area is 188 Å². The minimum atomic E-state index is -1.15. The number of anilines is 1. The second-order valence-corrected chi connectivity index (χ2v) is 8.48. The molecule has 3 atom stereocenters. The molecule has 1 saturated heterocycles. The maximum absolute atomic E-state index is 13.2. The van der Waals surface area contributed by atoms with Gasteiger partial charge in [0, 0.05) is 15.7 Å². The lowest BCUT2D eigenvalue weighted by Crippen LogP contribution is -2.71. The number of nitrogens with one attached hydrogen (secondary N) is 1. The van der Waals surface area contributed by atoms with Crippen LogP contribution in [0, 0.1) is 5.92 Å². The van der Waals surface area contributed by atoms with E-state index in [4.69, 9.17) is 26.4 Å². The zero-order valence-corrected chi connectivity index (χ0v) is 19.0. The van der Waals surface area contributed by atoms with Crippen molar-refractivity contribution >= 4 is 44.9 Å². The highest BCUT2D eigenvalue weighted by Gasteiger charge is 2.60. The summed E-state index contributed by atoms with van der Waals surface area (Å²) in [6.07, 6.45) is 1.54. The van der Waals surface area contributed by atoms with Gasteiger partial charge in [0.1, 0.15) is 12.5 Å². The molecule has 8 heteroatoms. The third-order valence-corrected chi connectivity index (χ3v) is 6.17. The number of hydrogen-bond acceptors (Lipinski definition) is 5. The third-order valence-electron chi connectivity index (χ3n) is 5.37. The predicted molar refractivity (Wildman–Crippen MR) is 122 cm³/mol. The van der Waals surface area contributed by atoms with E-state index in [0.717, 1.165) is 15.7 Å². The van der Waals surface area contributed by atoms with Crippen molar-refractivity contribution in [3.63, 3.8) is 0 Å². The first kappa shape index (κ1) is 20.7. The van der Waals surface area contributed by atoms with E-state index < -0.39 is 23.7 Å². The van der Waals surface area contributed by atoms with Gasteiger partial charge in [0.2, 0.25) is 5.72 Å². The van der Waals surface area contributed by atoms with E-state index in [0.29, 0.717) is 16.6 Å². The third kappa shape index (κ3) is 3.24. The largest absolute Gasteiger partial charge is 0.493 e. The summed E-state index contributed by atoms with van der Waals surface area (Å²) in [5.41, 5.74) is 0.430. The molecule has 1 fully saturated rings. The molecule has 2 aliphatic rings. The fourth-order valence-corrected chi connectivity index (χ4v) is 4.93. The minimum Gasteiger partial charge on any atom is -0.493 e. The number of ether oxygens (including phenoxy) is 3. The van der Waals surface area contributed by atoms with Gasteiger partial charge in [-0.25, -0.2) is 0 Å². The molecule has 2 heterocycles. The summed E-state index contributed by atoms with van der Waals surface area (Å²) in [4.78, 5) is 15.0. The quantitative estimate of drug-likeness (QED) is 0.381. The Kier molecular flexibility index (Phi) is 5.46. The van der Waals surface area contributed by atoms with Gasteiger partial charge in [-0.05, 0) is 43.4 Å². The molecule has 0 radical (unpaired) electrons. The molecule has 0 saturated carbocycles. The van der Waals surface area contributed by atoms with Crippen molar-refractivity contribution in [2.75, 3.05) is 18.6 Å². The first-order valence-corrected chi connectivity index (χ1v) is 10.6. The van der Waals surface area contributed by atoms with Crippen molar-refractivity contribution in [3.05, 3.63) is 65.2 Å².